The molecule has 0 aromatic heterocycles. The number of methoxy groups -OCH3 is 2. The number of hydrogen-bond acceptors (Lipinski definition) is 3. The van der Waals surface area contributed by atoms with Gasteiger partial charge >= 0.3 is 0 Å². The Hall–Kier alpha value is -1.84. The summed E-state index contributed by atoms with van der Waals surface area (Å²) >= 11 is 0. The average molecular weight is 272 g/mol. The van der Waals surface area contributed by atoms with Crippen LogP contribution in [0.3, 0.4) is 0 Å². The molecule has 0 fully saturated rings. The minimum absolute atomic E-state index is 0.0430. The van der Waals surface area contributed by atoms with E-state index >= 15 is 0 Å². The summed E-state index contributed by atoms with van der Waals surface area (Å²) in [7, 11) is 3.19. The van der Waals surface area contributed by atoms with Gasteiger partial charge in [-0.05, 0) is 23.3 Å². The lowest BCUT2D eigenvalue weighted by molar-refractivity contribution is 0.0987. The van der Waals surface area contributed by atoms with Crippen LogP contribution in [0, 0.1) is 0 Å². The molecule has 0 heterocycles. The number of ether oxygens (including phenoxy) is 2. The van der Waals surface area contributed by atoms with E-state index in [-0.39, 0.29) is 12.0 Å². The lowest BCUT2D eigenvalue weighted by Crippen LogP contribution is -2.26. The number of aliphatic hydroxyl groups is 1. The zero-order valence-corrected chi connectivity index (χ0v) is 11.8. The Morgan fingerprint density at radius 3 is 2.45 bits per heavy atom. The standard InChI is InChI=1S/C17H20O3/c1-4-13(12-8-6-5-7-9-12)14-10-16(19-2)17(20-3)11-15(14)18/h4-11,13,15-16,18H,1H2,2-3H3/t13-,15-,16+/m1/s1. The fourth-order valence-corrected chi connectivity index (χ4v) is 2.48. The van der Waals surface area contributed by atoms with Crippen molar-refractivity contribution in [2.45, 2.75) is 18.1 Å². The topological polar surface area (TPSA) is 38.7 Å². The highest BCUT2D eigenvalue weighted by atomic mass is 16.5. The third-order valence-corrected chi connectivity index (χ3v) is 3.53. The number of allylic oxidation sites excluding steroid dienone is 1. The summed E-state index contributed by atoms with van der Waals surface area (Å²) < 4.78 is 10.6. The van der Waals surface area contributed by atoms with E-state index in [1.54, 1.807) is 20.3 Å². The third kappa shape index (κ3) is 2.84. The summed E-state index contributed by atoms with van der Waals surface area (Å²) in [4.78, 5) is 0. The van der Waals surface area contributed by atoms with Crippen LogP contribution in [0.25, 0.3) is 0 Å². The number of aliphatic hydroxyl groups excluding tert-OH is 1. The maximum absolute atomic E-state index is 10.3. The predicted molar refractivity (Wildman–Crippen MR) is 79.4 cm³/mol. The Morgan fingerprint density at radius 2 is 1.90 bits per heavy atom. The molecule has 1 aromatic rings. The molecular weight excluding hydrogens is 252 g/mol. The zero-order chi connectivity index (χ0) is 14.5. The van der Waals surface area contributed by atoms with Crippen molar-refractivity contribution in [2.24, 2.45) is 0 Å². The van der Waals surface area contributed by atoms with Gasteiger partial charge in [-0.1, -0.05) is 36.4 Å². The Balaban J connectivity index is 2.35. The maximum Gasteiger partial charge on any atom is 0.132 e. The Kier molecular flexibility index (Phi) is 4.77. The fraction of sp³-hybridized carbons (Fsp3) is 0.294. The Morgan fingerprint density at radius 1 is 1.20 bits per heavy atom. The van der Waals surface area contributed by atoms with Crippen molar-refractivity contribution < 1.29 is 14.6 Å². The summed E-state index contributed by atoms with van der Waals surface area (Å²) in [6.07, 6.45) is 4.46. The third-order valence-electron chi connectivity index (χ3n) is 3.53. The first-order chi connectivity index (χ1) is 9.71. The van der Waals surface area contributed by atoms with Crippen LogP contribution in [0.2, 0.25) is 0 Å². The highest BCUT2D eigenvalue weighted by Gasteiger charge is 2.27. The van der Waals surface area contributed by atoms with Crippen molar-refractivity contribution in [3.05, 3.63) is 72.0 Å². The first kappa shape index (κ1) is 14.6. The molecule has 3 heteroatoms. The van der Waals surface area contributed by atoms with Gasteiger partial charge in [-0.25, -0.2) is 0 Å². The SMILES string of the molecule is C=C[C@@H](C1=C[C@H](OC)C(OC)=C[C@H]1O)c1ccccc1. The zero-order valence-electron chi connectivity index (χ0n) is 11.8. The molecule has 1 aromatic carbocycles. The molecule has 2 rings (SSSR count). The molecular formula is C17H20O3. The van der Waals surface area contributed by atoms with Crippen molar-refractivity contribution in [2.75, 3.05) is 14.2 Å². The van der Waals surface area contributed by atoms with E-state index in [2.05, 4.69) is 6.58 Å². The van der Waals surface area contributed by atoms with Crippen LogP contribution in [0.5, 0.6) is 0 Å². The Bertz CT molecular complexity index is 516. The van der Waals surface area contributed by atoms with Gasteiger partial charge in [0, 0.05) is 13.0 Å². The van der Waals surface area contributed by atoms with Crippen molar-refractivity contribution >= 4 is 0 Å². The van der Waals surface area contributed by atoms with E-state index in [0.29, 0.717) is 5.76 Å². The lowest BCUT2D eigenvalue weighted by atomic mass is 9.84. The lowest BCUT2D eigenvalue weighted by Gasteiger charge is -2.28. The molecule has 106 valence electrons. The van der Waals surface area contributed by atoms with Crippen LogP contribution in [0.1, 0.15) is 11.5 Å². The highest BCUT2D eigenvalue weighted by molar-refractivity contribution is 5.41. The largest absolute Gasteiger partial charge is 0.498 e. The minimum Gasteiger partial charge on any atom is -0.498 e. The van der Waals surface area contributed by atoms with Gasteiger partial charge in [-0.15, -0.1) is 6.58 Å². The molecule has 3 nitrogen and oxygen atoms in total. The molecule has 0 amide bonds. The molecule has 1 aliphatic rings. The van der Waals surface area contributed by atoms with E-state index in [1.165, 1.54) is 0 Å². The molecule has 0 saturated carbocycles. The molecule has 1 N–H and O–H groups in total. The molecule has 0 spiro atoms. The maximum atomic E-state index is 10.3. The summed E-state index contributed by atoms with van der Waals surface area (Å²) in [6, 6.07) is 9.97. The van der Waals surface area contributed by atoms with Crippen LogP contribution in [0.4, 0.5) is 0 Å². The summed E-state index contributed by atoms with van der Waals surface area (Å²) in [6.45, 7) is 3.89. The average Bonchev–Trinajstić information content (AvgIpc) is 2.50. The van der Waals surface area contributed by atoms with Gasteiger partial charge in [0.05, 0.1) is 13.2 Å². The van der Waals surface area contributed by atoms with Gasteiger partial charge in [0.2, 0.25) is 0 Å². The number of hydrogen-bond donors (Lipinski definition) is 1. The van der Waals surface area contributed by atoms with Gasteiger partial charge in [0.1, 0.15) is 11.9 Å². The second-order valence-electron chi connectivity index (χ2n) is 4.67. The number of rotatable bonds is 5. The number of benzene rings is 1. The second-order valence-corrected chi connectivity index (χ2v) is 4.67. The van der Waals surface area contributed by atoms with Gasteiger partial charge in [-0.3, -0.25) is 0 Å². The first-order valence-corrected chi connectivity index (χ1v) is 6.57. The van der Waals surface area contributed by atoms with Crippen LogP contribution >= 0.6 is 0 Å². The van der Waals surface area contributed by atoms with Crippen LogP contribution in [-0.4, -0.2) is 31.5 Å². The van der Waals surface area contributed by atoms with Gasteiger partial charge in [-0.2, -0.15) is 0 Å². The quantitative estimate of drug-likeness (QED) is 0.838. The van der Waals surface area contributed by atoms with Crippen LogP contribution in [0.15, 0.2) is 66.5 Å². The molecule has 20 heavy (non-hydrogen) atoms. The van der Waals surface area contributed by atoms with Crippen LogP contribution < -0.4 is 0 Å². The molecule has 3 atom stereocenters. The van der Waals surface area contributed by atoms with E-state index in [9.17, 15) is 5.11 Å². The fourth-order valence-electron chi connectivity index (χ4n) is 2.48. The molecule has 0 radical (unpaired) electrons. The monoisotopic (exact) mass is 272 g/mol. The Labute approximate surface area is 119 Å². The van der Waals surface area contributed by atoms with Crippen molar-refractivity contribution in [3.8, 4) is 0 Å². The smallest absolute Gasteiger partial charge is 0.132 e. The molecule has 0 aliphatic heterocycles. The molecule has 0 bridgehead atoms. The summed E-state index contributed by atoms with van der Waals surface area (Å²) in [5, 5.41) is 10.3. The molecule has 0 unspecified atom stereocenters. The van der Waals surface area contributed by atoms with E-state index < -0.39 is 6.10 Å². The summed E-state index contributed by atoms with van der Waals surface area (Å²) in [5.41, 5.74) is 1.95. The van der Waals surface area contributed by atoms with E-state index in [1.807, 2.05) is 42.5 Å². The summed E-state index contributed by atoms with van der Waals surface area (Å²) in [5.74, 6) is 0.582. The minimum atomic E-state index is -0.695. The van der Waals surface area contributed by atoms with E-state index in [0.717, 1.165) is 11.1 Å². The molecule has 0 saturated heterocycles. The van der Waals surface area contributed by atoms with Gasteiger partial charge < -0.3 is 14.6 Å². The van der Waals surface area contributed by atoms with Gasteiger partial charge in [0.25, 0.3) is 0 Å². The van der Waals surface area contributed by atoms with Crippen LogP contribution in [-0.2, 0) is 9.47 Å². The van der Waals surface area contributed by atoms with E-state index in [4.69, 9.17) is 9.47 Å². The first-order valence-electron chi connectivity index (χ1n) is 6.57. The predicted octanol–water partition coefficient (Wildman–Crippen LogP) is 2.80. The highest BCUT2D eigenvalue weighted by Crippen LogP contribution is 2.33. The van der Waals surface area contributed by atoms with Crippen molar-refractivity contribution in [1.29, 1.82) is 0 Å². The van der Waals surface area contributed by atoms with Gasteiger partial charge in [0.15, 0.2) is 0 Å². The van der Waals surface area contributed by atoms with Crippen molar-refractivity contribution in [3.63, 3.8) is 0 Å². The molecule has 1 aliphatic carbocycles. The van der Waals surface area contributed by atoms with Crippen molar-refractivity contribution in [1.82, 2.24) is 0 Å². The normalized spacial score (nSPS) is 23.6. The second kappa shape index (κ2) is 6.55.